The second-order valence-corrected chi connectivity index (χ2v) is 6.27. The quantitative estimate of drug-likeness (QED) is 0.790. The van der Waals surface area contributed by atoms with Crippen LogP contribution >= 0.6 is 0 Å². The zero-order valence-corrected chi connectivity index (χ0v) is 12.5. The van der Waals surface area contributed by atoms with E-state index in [0.717, 1.165) is 6.42 Å². The van der Waals surface area contributed by atoms with Gasteiger partial charge in [-0.05, 0) is 39.5 Å². The first-order valence-electron chi connectivity index (χ1n) is 6.85. The van der Waals surface area contributed by atoms with E-state index in [4.69, 9.17) is 9.47 Å². The molecule has 1 fully saturated rings. The molecule has 19 heavy (non-hydrogen) atoms. The summed E-state index contributed by atoms with van der Waals surface area (Å²) >= 11 is 0. The first kappa shape index (κ1) is 16.0. The van der Waals surface area contributed by atoms with E-state index in [-0.39, 0.29) is 11.8 Å². The van der Waals surface area contributed by atoms with E-state index in [9.17, 15) is 9.59 Å². The monoisotopic (exact) mass is 271 g/mol. The molecule has 1 amide bonds. The Morgan fingerprint density at radius 1 is 1.32 bits per heavy atom. The van der Waals surface area contributed by atoms with Gasteiger partial charge >= 0.3 is 5.97 Å². The summed E-state index contributed by atoms with van der Waals surface area (Å²) in [4.78, 5) is 24.1. The van der Waals surface area contributed by atoms with Gasteiger partial charge in [0.25, 0.3) is 0 Å². The van der Waals surface area contributed by atoms with Crippen molar-refractivity contribution in [2.24, 2.45) is 5.92 Å². The standard InChI is InChI=1S/C14H25NO4/c1-9(2)11(13(17)19-14(3,4)5)15-12(16)10-7-6-8-18-10/h9-11H,6-8H2,1-5H3,(H,15,16)/t10-,11-/m0/s1. The van der Waals surface area contributed by atoms with Gasteiger partial charge in [-0.25, -0.2) is 4.79 Å². The van der Waals surface area contributed by atoms with E-state index in [1.807, 2.05) is 34.6 Å². The number of ether oxygens (including phenoxy) is 2. The SMILES string of the molecule is CC(C)[C@H](NC(=O)[C@@H]1CCCO1)C(=O)OC(C)(C)C. The molecule has 1 N–H and O–H groups in total. The van der Waals surface area contributed by atoms with Crippen molar-refractivity contribution < 1.29 is 19.1 Å². The van der Waals surface area contributed by atoms with Crippen LogP contribution in [0.3, 0.4) is 0 Å². The molecule has 0 unspecified atom stereocenters. The fourth-order valence-electron chi connectivity index (χ4n) is 1.89. The molecule has 1 aliphatic heterocycles. The minimum Gasteiger partial charge on any atom is -0.458 e. The maximum Gasteiger partial charge on any atom is 0.329 e. The lowest BCUT2D eigenvalue weighted by atomic mass is 10.0. The van der Waals surface area contributed by atoms with Crippen LogP contribution in [-0.2, 0) is 19.1 Å². The highest BCUT2D eigenvalue weighted by Crippen LogP contribution is 2.15. The maximum atomic E-state index is 12.1. The number of carbonyl (C=O) groups excluding carboxylic acids is 2. The van der Waals surface area contributed by atoms with E-state index in [2.05, 4.69) is 5.32 Å². The van der Waals surface area contributed by atoms with Crippen molar-refractivity contribution in [3.8, 4) is 0 Å². The van der Waals surface area contributed by atoms with Crippen molar-refractivity contribution in [2.75, 3.05) is 6.61 Å². The van der Waals surface area contributed by atoms with Crippen molar-refractivity contribution in [1.82, 2.24) is 5.32 Å². The Kier molecular flexibility index (Phi) is 5.35. The Morgan fingerprint density at radius 3 is 2.37 bits per heavy atom. The van der Waals surface area contributed by atoms with Gasteiger partial charge in [0, 0.05) is 6.61 Å². The number of amides is 1. The second-order valence-electron chi connectivity index (χ2n) is 6.27. The van der Waals surface area contributed by atoms with Gasteiger partial charge in [-0.1, -0.05) is 13.8 Å². The number of carbonyl (C=O) groups is 2. The van der Waals surface area contributed by atoms with Crippen LogP contribution in [0.25, 0.3) is 0 Å². The van der Waals surface area contributed by atoms with Crippen molar-refractivity contribution in [1.29, 1.82) is 0 Å². The summed E-state index contributed by atoms with van der Waals surface area (Å²) in [7, 11) is 0. The van der Waals surface area contributed by atoms with Crippen LogP contribution in [0.1, 0.15) is 47.5 Å². The summed E-state index contributed by atoms with van der Waals surface area (Å²) in [6.07, 6.45) is 1.17. The van der Waals surface area contributed by atoms with Gasteiger partial charge in [0.05, 0.1) is 0 Å². The van der Waals surface area contributed by atoms with Gasteiger partial charge in [0.1, 0.15) is 17.7 Å². The van der Waals surface area contributed by atoms with Gasteiger partial charge in [-0.15, -0.1) is 0 Å². The second kappa shape index (κ2) is 6.37. The zero-order valence-electron chi connectivity index (χ0n) is 12.5. The lowest BCUT2D eigenvalue weighted by Gasteiger charge is -2.27. The van der Waals surface area contributed by atoms with Crippen LogP contribution in [0.5, 0.6) is 0 Å². The molecule has 1 heterocycles. The van der Waals surface area contributed by atoms with Crippen LogP contribution < -0.4 is 5.32 Å². The third-order valence-electron chi connectivity index (χ3n) is 2.85. The molecule has 0 aromatic rings. The average molecular weight is 271 g/mol. The predicted molar refractivity (Wildman–Crippen MR) is 71.6 cm³/mol. The number of rotatable bonds is 4. The highest BCUT2D eigenvalue weighted by atomic mass is 16.6. The molecule has 1 rings (SSSR count). The third kappa shape index (κ3) is 5.19. The fraction of sp³-hybridized carbons (Fsp3) is 0.857. The van der Waals surface area contributed by atoms with E-state index in [1.54, 1.807) is 0 Å². The molecule has 1 saturated heterocycles. The molecule has 0 radical (unpaired) electrons. The molecule has 0 saturated carbocycles. The topological polar surface area (TPSA) is 64.6 Å². The number of esters is 1. The Balaban J connectivity index is 2.62. The zero-order chi connectivity index (χ0) is 14.6. The molecule has 1 aliphatic rings. The first-order chi connectivity index (χ1) is 8.70. The smallest absolute Gasteiger partial charge is 0.329 e. The molecule has 0 aromatic heterocycles. The molecule has 0 bridgehead atoms. The molecule has 110 valence electrons. The fourth-order valence-corrected chi connectivity index (χ4v) is 1.89. The molecule has 0 spiro atoms. The molecule has 0 aromatic carbocycles. The van der Waals surface area contributed by atoms with Gasteiger partial charge in [-0.3, -0.25) is 4.79 Å². The Morgan fingerprint density at radius 2 is 1.95 bits per heavy atom. The lowest BCUT2D eigenvalue weighted by Crippen LogP contribution is -2.50. The van der Waals surface area contributed by atoms with Crippen molar-refractivity contribution >= 4 is 11.9 Å². The van der Waals surface area contributed by atoms with E-state index in [0.29, 0.717) is 13.0 Å². The lowest BCUT2D eigenvalue weighted by molar-refractivity contribution is -0.160. The van der Waals surface area contributed by atoms with Gasteiger partial charge < -0.3 is 14.8 Å². The number of hydrogen-bond acceptors (Lipinski definition) is 4. The summed E-state index contributed by atoms with van der Waals surface area (Å²) in [5.41, 5.74) is -0.557. The first-order valence-corrected chi connectivity index (χ1v) is 6.85. The van der Waals surface area contributed by atoms with Gasteiger partial charge in [0.2, 0.25) is 5.91 Å². The van der Waals surface area contributed by atoms with E-state index in [1.165, 1.54) is 0 Å². The largest absolute Gasteiger partial charge is 0.458 e. The van der Waals surface area contributed by atoms with Crippen molar-refractivity contribution in [3.63, 3.8) is 0 Å². The van der Waals surface area contributed by atoms with E-state index >= 15 is 0 Å². The van der Waals surface area contributed by atoms with Gasteiger partial charge in [-0.2, -0.15) is 0 Å². The molecular formula is C14H25NO4. The Hall–Kier alpha value is -1.10. The molecule has 5 heteroatoms. The third-order valence-corrected chi connectivity index (χ3v) is 2.85. The number of nitrogens with one attached hydrogen (secondary N) is 1. The predicted octanol–water partition coefficient (Wildman–Crippen LogP) is 1.65. The van der Waals surface area contributed by atoms with Crippen LogP contribution in [0, 0.1) is 5.92 Å². The van der Waals surface area contributed by atoms with Crippen LogP contribution in [0.2, 0.25) is 0 Å². The van der Waals surface area contributed by atoms with Crippen molar-refractivity contribution in [2.45, 2.75) is 65.2 Å². The molecular weight excluding hydrogens is 246 g/mol. The summed E-state index contributed by atoms with van der Waals surface area (Å²) in [6, 6.07) is -0.629. The van der Waals surface area contributed by atoms with Crippen LogP contribution in [0.15, 0.2) is 0 Å². The molecule has 2 atom stereocenters. The summed E-state index contributed by atoms with van der Waals surface area (Å²) in [6.45, 7) is 9.80. The molecule has 5 nitrogen and oxygen atoms in total. The highest BCUT2D eigenvalue weighted by Gasteiger charge is 2.32. The highest BCUT2D eigenvalue weighted by molar-refractivity contribution is 5.87. The summed E-state index contributed by atoms with van der Waals surface area (Å²) < 4.78 is 10.6. The Labute approximate surface area is 115 Å². The van der Waals surface area contributed by atoms with Crippen LogP contribution in [0.4, 0.5) is 0 Å². The Bertz CT molecular complexity index is 327. The van der Waals surface area contributed by atoms with E-state index < -0.39 is 23.7 Å². The average Bonchev–Trinajstić information content (AvgIpc) is 2.75. The summed E-state index contributed by atoms with van der Waals surface area (Å²) in [5.74, 6) is -0.642. The van der Waals surface area contributed by atoms with Crippen molar-refractivity contribution in [3.05, 3.63) is 0 Å². The summed E-state index contributed by atoms with van der Waals surface area (Å²) in [5, 5.41) is 2.74. The maximum absolute atomic E-state index is 12.1. The number of hydrogen-bond donors (Lipinski definition) is 1. The normalized spacial score (nSPS) is 21.3. The minimum absolute atomic E-state index is 0.0276. The minimum atomic E-state index is -0.629. The van der Waals surface area contributed by atoms with Crippen LogP contribution in [-0.4, -0.2) is 36.2 Å². The van der Waals surface area contributed by atoms with Gasteiger partial charge in [0.15, 0.2) is 0 Å². The molecule has 0 aliphatic carbocycles.